The number of nitrogens with zero attached hydrogens (tertiary/aromatic N) is 4. The summed E-state index contributed by atoms with van der Waals surface area (Å²) >= 11 is 0.837. The molecule has 0 N–H and O–H groups in total. The summed E-state index contributed by atoms with van der Waals surface area (Å²) in [5.74, 6) is 0. The Morgan fingerprint density at radius 3 is 1.44 bits per heavy atom. The Labute approximate surface area is 336 Å². The van der Waals surface area contributed by atoms with Crippen LogP contribution in [-0.2, 0) is 0 Å². The molecular formula is C50H33N4Pb. The van der Waals surface area contributed by atoms with Gasteiger partial charge in [0.05, 0.1) is 0 Å². The maximum absolute atomic E-state index is 10.9. The van der Waals surface area contributed by atoms with Crippen molar-refractivity contribution in [1.29, 1.82) is 10.5 Å². The van der Waals surface area contributed by atoms with E-state index in [9.17, 15) is 10.5 Å². The Kier molecular flexibility index (Phi) is 8.77. The van der Waals surface area contributed by atoms with Crippen LogP contribution in [-0.4, -0.2) is 25.8 Å². The van der Waals surface area contributed by atoms with Crippen molar-refractivity contribution >= 4 is 95.3 Å². The molecule has 0 amide bonds. The number of benzene rings is 9. The van der Waals surface area contributed by atoms with Gasteiger partial charge in [-0.1, -0.05) is 66.2 Å². The molecule has 0 saturated carbocycles. The van der Waals surface area contributed by atoms with Crippen molar-refractivity contribution in [3.8, 4) is 23.3 Å². The zero-order valence-corrected chi connectivity index (χ0v) is 34.3. The first-order chi connectivity index (χ1) is 26.9. The van der Waals surface area contributed by atoms with E-state index >= 15 is 0 Å². The van der Waals surface area contributed by atoms with Crippen molar-refractivity contribution in [3.05, 3.63) is 186 Å². The zero-order valence-electron chi connectivity index (χ0n) is 30.4. The molecule has 0 aromatic heterocycles. The number of hydrogen-bond donors (Lipinski definition) is 0. The van der Waals surface area contributed by atoms with Crippen LogP contribution >= 0.6 is 0 Å². The Hall–Kier alpha value is -6.48. The van der Waals surface area contributed by atoms with Crippen LogP contribution in [0.25, 0.3) is 43.4 Å². The third-order valence-electron chi connectivity index (χ3n) is 10.5. The summed E-state index contributed by atoms with van der Waals surface area (Å²) in [7, 11) is 0. The van der Waals surface area contributed by atoms with E-state index in [1.54, 1.807) is 0 Å². The molecule has 0 saturated heterocycles. The van der Waals surface area contributed by atoms with Gasteiger partial charge in [0.2, 0.25) is 0 Å². The number of para-hydroxylation sites is 2. The van der Waals surface area contributed by atoms with E-state index in [4.69, 9.17) is 0 Å². The predicted octanol–water partition coefficient (Wildman–Crippen LogP) is 12.3. The molecule has 0 atom stereocenters. The molecule has 5 heteroatoms. The first-order valence-corrected chi connectivity index (χ1v) is 20.2. The number of anilines is 6. The predicted molar refractivity (Wildman–Crippen MR) is 229 cm³/mol. The van der Waals surface area contributed by atoms with Crippen molar-refractivity contribution in [3.63, 3.8) is 0 Å². The molecule has 0 unspecified atom stereocenters. The number of aryl methyl sites for hydroxylation is 2. The van der Waals surface area contributed by atoms with Crippen LogP contribution in [0.4, 0.5) is 34.1 Å². The molecule has 0 fully saturated rings. The van der Waals surface area contributed by atoms with Gasteiger partial charge < -0.3 is 0 Å². The SMILES string of the molecule is Cc1ccc(N(c2cccc[c]2[Pb])c2c(C#N)cc3ccc4c(N(c5ccc(C)cc5)c5ccccc5-c5ccccc5)c(C#N)cc5ccc2c3c54)cc1. The van der Waals surface area contributed by atoms with Crippen LogP contribution in [0.15, 0.2) is 164 Å². The van der Waals surface area contributed by atoms with Gasteiger partial charge in [0.25, 0.3) is 0 Å². The number of nitriles is 2. The molecule has 257 valence electrons. The summed E-state index contributed by atoms with van der Waals surface area (Å²) in [5, 5.41) is 27.8. The van der Waals surface area contributed by atoms with Crippen LogP contribution in [0.2, 0.25) is 0 Å². The molecular weight excluding hydrogens is 864 g/mol. The van der Waals surface area contributed by atoms with Gasteiger partial charge in [0.1, 0.15) is 0 Å². The third kappa shape index (κ3) is 5.87. The fourth-order valence-electron chi connectivity index (χ4n) is 7.94. The van der Waals surface area contributed by atoms with E-state index in [0.717, 1.165) is 109 Å². The summed E-state index contributed by atoms with van der Waals surface area (Å²) in [6.45, 7) is 4.19. The number of hydrogen-bond acceptors (Lipinski definition) is 4. The van der Waals surface area contributed by atoms with Crippen molar-refractivity contribution in [2.24, 2.45) is 0 Å². The minimum atomic E-state index is 0.582. The third-order valence-corrected chi connectivity index (χ3v) is 12.1. The van der Waals surface area contributed by atoms with Crippen LogP contribution in [0.1, 0.15) is 22.3 Å². The Morgan fingerprint density at radius 1 is 0.473 bits per heavy atom. The Balaban J connectivity index is 1.40. The standard InChI is InChI=1S/C50H33N4.Pb/c1-33-17-23-41(24-18-33)53(40-13-7-4-8-14-40)49-38(31-51)29-36-22-28-45-48-37(21-27-44(49)47(36)48)30-39(32-52)50(45)54(42-25-19-34(2)20-26-42)46-16-10-9-15-43(46)35-11-5-3-6-12-35;/h3-13,15-30H,1-2H3;. The number of rotatable bonds is 7. The van der Waals surface area contributed by atoms with E-state index in [1.165, 1.54) is 8.69 Å². The first-order valence-electron chi connectivity index (χ1n) is 18.2. The molecule has 0 aliphatic rings. The van der Waals surface area contributed by atoms with Crippen molar-refractivity contribution in [1.82, 2.24) is 0 Å². The van der Waals surface area contributed by atoms with E-state index in [0.29, 0.717) is 11.1 Å². The van der Waals surface area contributed by atoms with Crippen molar-refractivity contribution < 1.29 is 0 Å². The van der Waals surface area contributed by atoms with Crippen molar-refractivity contribution in [2.45, 2.75) is 13.8 Å². The molecule has 0 aliphatic carbocycles. The summed E-state index contributed by atoms with van der Waals surface area (Å²) in [4.78, 5) is 4.52. The van der Waals surface area contributed by atoms with Crippen LogP contribution in [0.3, 0.4) is 0 Å². The summed E-state index contributed by atoms with van der Waals surface area (Å²) in [6, 6.07) is 62.2. The zero-order chi connectivity index (χ0) is 37.6. The molecule has 4 nitrogen and oxygen atoms in total. The van der Waals surface area contributed by atoms with Gasteiger partial charge >= 0.3 is 260 Å². The molecule has 3 radical (unpaired) electrons. The van der Waals surface area contributed by atoms with Crippen LogP contribution < -0.4 is 12.9 Å². The van der Waals surface area contributed by atoms with E-state index < -0.39 is 0 Å². The second-order valence-corrected chi connectivity index (χ2v) is 16.0. The van der Waals surface area contributed by atoms with E-state index in [2.05, 4.69) is 181 Å². The fraction of sp³-hybridized carbons (Fsp3) is 0.0400. The molecule has 9 aromatic rings. The van der Waals surface area contributed by atoms with Gasteiger partial charge in [-0.05, 0) is 12.5 Å². The molecule has 0 heterocycles. The average Bonchev–Trinajstić information content (AvgIpc) is 3.23. The summed E-state index contributed by atoms with van der Waals surface area (Å²) < 4.78 is 1.24. The van der Waals surface area contributed by atoms with Crippen molar-refractivity contribution in [2.75, 3.05) is 9.80 Å². The molecule has 0 spiro atoms. The van der Waals surface area contributed by atoms with E-state index in [1.807, 2.05) is 18.2 Å². The topological polar surface area (TPSA) is 54.1 Å². The van der Waals surface area contributed by atoms with Gasteiger partial charge in [-0.3, -0.25) is 0 Å². The fourth-order valence-corrected chi connectivity index (χ4v) is 9.07. The molecule has 9 aromatic carbocycles. The molecule has 55 heavy (non-hydrogen) atoms. The monoisotopic (exact) mass is 897 g/mol. The van der Waals surface area contributed by atoms with Gasteiger partial charge in [0.15, 0.2) is 0 Å². The second-order valence-electron chi connectivity index (χ2n) is 13.9. The first kappa shape index (κ1) is 34.3. The van der Waals surface area contributed by atoms with Crippen LogP contribution in [0.5, 0.6) is 0 Å². The van der Waals surface area contributed by atoms with Gasteiger partial charge in [-0.2, -0.15) is 0 Å². The average molecular weight is 897 g/mol. The minimum absolute atomic E-state index is 0.582. The van der Waals surface area contributed by atoms with Crippen LogP contribution in [0, 0.1) is 36.5 Å². The normalized spacial score (nSPS) is 11.1. The summed E-state index contributed by atoms with van der Waals surface area (Å²) in [6.07, 6.45) is 0. The van der Waals surface area contributed by atoms with Gasteiger partial charge in [0, 0.05) is 0 Å². The quantitative estimate of drug-likeness (QED) is 0.118. The molecule has 9 rings (SSSR count). The maximum atomic E-state index is 10.9. The van der Waals surface area contributed by atoms with Gasteiger partial charge in [-0.25, -0.2) is 0 Å². The molecule has 0 bridgehead atoms. The summed E-state index contributed by atoms with van der Waals surface area (Å²) in [5.41, 5.74) is 11.4. The van der Waals surface area contributed by atoms with Gasteiger partial charge in [-0.15, -0.1) is 0 Å². The Bertz CT molecular complexity index is 2980. The molecule has 0 aliphatic heterocycles. The van der Waals surface area contributed by atoms with E-state index in [-0.39, 0.29) is 0 Å². The Morgan fingerprint density at radius 2 is 0.927 bits per heavy atom. The second kappa shape index (κ2) is 14.1.